The first kappa shape index (κ1) is 20.8. The Balaban J connectivity index is 1.60. The van der Waals surface area contributed by atoms with E-state index in [0.29, 0.717) is 36.8 Å². The molecule has 1 saturated heterocycles. The average Bonchev–Trinajstić information content (AvgIpc) is 3.15. The van der Waals surface area contributed by atoms with Crippen LogP contribution in [0.5, 0.6) is 0 Å². The molecule has 31 heavy (non-hydrogen) atoms. The van der Waals surface area contributed by atoms with Crippen molar-refractivity contribution in [3.8, 4) is 6.07 Å². The second kappa shape index (κ2) is 9.12. The predicted molar refractivity (Wildman–Crippen MR) is 118 cm³/mol. The summed E-state index contributed by atoms with van der Waals surface area (Å²) >= 11 is 0. The Morgan fingerprint density at radius 3 is 2.84 bits per heavy atom. The number of nitrogens with zero attached hydrogens (tertiary/aromatic N) is 5. The molecule has 3 heterocycles. The van der Waals surface area contributed by atoms with Gasteiger partial charge < -0.3 is 15.0 Å². The van der Waals surface area contributed by atoms with Crippen LogP contribution in [0.4, 0.5) is 17.3 Å². The van der Waals surface area contributed by atoms with Gasteiger partial charge in [0.15, 0.2) is 0 Å². The highest BCUT2D eigenvalue weighted by molar-refractivity contribution is 5.93. The van der Waals surface area contributed by atoms with Crippen molar-refractivity contribution in [1.29, 1.82) is 5.26 Å². The van der Waals surface area contributed by atoms with E-state index in [1.54, 1.807) is 6.20 Å². The van der Waals surface area contributed by atoms with Crippen molar-refractivity contribution in [2.75, 3.05) is 54.9 Å². The molecule has 9 nitrogen and oxygen atoms in total. The van der Waals surface area contributed by atoms with Crippen LogP contribution in [-0.4, -0.2) is 60.2 Å². The Labute approximate surface area is 181 Å². The molecule has 1 aromatic heterocycles. The number of nitriles is 1. The number of aromatic nitrogens is 2. The van der Waals surface area contributed by atoms with Crippen molar-refractivity contribution >= 4 is 28.8 Å². The van der Waals surface area contributed by atoms with E-state index in [4.69, 9.17) is 4.74 Å². The van der Waals surface area contributed by atoms with Crippen LogP contribution in [0, 0.1) is 18.3 Å². The number of morpholine rings is 1. The number of rotatable bonds is 5. The Morgan fingerprint density at radius 2 is 2.10 bits per heavy atom. The van der Waals surface area contributed by atoms with Crippen LogP contribution in [0.25, 0.3) is 5.57 Å². The van der Waals surface area contributed by atoms with E-state index < -0.39 is 0 Å². The van der Waals surface area contributed by atoms with Gasteiger partial charge in [-0.2, -0.15) is 5.26 Å². The molecule has 0 radical (unpaired) electrons. The van der Waals surface area contributed by atoms with Crippen LogP contribution in [0.1, 0.15) is 18.2 Å². The van der Waals surface area contributed by atoms with Crippen molar-refractivity contribution < 1.29 is 9.53 Å². The Bertz CT molecular complexity index is 1050. The summed E-state index contributed by atoms with van der Waals surface area (Å²) in [6.45, 7) is 7.52. The number of anilines is 3. The summed E-state index contributed by atoms with van der Waals surface area (Å²) in [5.74, 6) is 0.675. The van der Waals surface area contributed by atoms with Gasteiger partial charge in [-0.1, -0.05) is 12.1 Å². The first-order chi connectivity index (χ1) is 15.1. The van der Waals surface area contributed by atoms with E-state index >= 15 is 0 Å². The molecule has 0 saturated carbocycles. The molecule has 9 heteroatoms. The summed E-state index contributed by atoms with van der Waals surface area (Å²) in [5, 5.41) is 16.1. The number of ether oxygens (including phenoxy) is 1. The molecular formula is C22H25N7O2. The number of hydrogen-bond acceptors (Lipinski definition) is 8. The zero-order valence-corrected chi connectivity index (χ0v) is 17.7. The molecule has 2 aliphatic rings. The van der Waals surface area contributed by atoms with Crippen molar-refractivity contribution in [3.05, 3.63) is 47.5 Å². The minimum absolute atomic E-state index is 0.186. The van der Waals surface area contributed by atoms with Crippen LogP contribution in [0.15, 0.2) is 36.3 Å². The number of amides is 1. The van der Waals surface area contributed by atoms with Gasteiger partial charge in [0.25, 0.3) is 0 Å². The molecule has 1 fully saturated rings. The maximum Gasteiger partial charge on any atom is 0.240 e. The van der Waals surface area contributed by atoms with Crippen LogP contribution < -0.4 is 15.5 Å². The number of carbonyl (C=O) groups is 1. The van der Waals surface area contributed by atoms with Gasteiger partial charge >= 0.3 is 0 Å². The Hall–Kier alpha value is -3.48. The van der Waals surface area contributed by atoms with Crippen molar-refractivity contribution in [1.82, 2.24) is 14.9 Å². The van der Waals surface area contributed by atoms with Crippen LogP contribution >= 0.6 is 0 Å². The first-order valence-electron chi connectivity index (χ1n) is 10.3. The minimum atomic E-state index is -0.190. The molecule has 0 unspecified atom stereocenters. The SMILES string of the molecule is CCN1C(=C(C#N)c2nc(NC(=O)CN3CCOCC3)ncc2C)Nc2ccccc21. The lowest BCUT2D eigenvalue weighted by molar-refractivity contribution is -0.118. The molecule has 2 aromatic rings. The molecule has 4 rings (SSSR count). The monoisotopic (exact) mass is 419 g/mol. The number of allylic oxidation sites excluding steroid dienone is 1. The number of para-hydroxylation sites is 2. The lowest BCUT2D eigenvalue weighted by atomic mass is 10.1. The van der Waals surface area contributed by atoms with E-state index in [0.717, 1.165) is 30.0 Å². The molecular weight excluding hydrogens is 394 g/mol. The highest BCUT2D eigenvalue weighted by atomic mass is 16.5. The maximum absolute atomic E-state index is 12.4. The van der Waals surface area contributed by atoms with Gasteiger partial charge in [0.1, 0.15) is 17.5 Å². The fourth-order valence-corrected chi connectivity index (χ4v) is 3.76. The lowest BCUT2D eigenvalue weighted by Crippen LogP contribution is -2.41. The number of aryl methyl sites for hydroxylation is 1. The number of nitrogens with one attached hydrogen (secondary N) is 2. The van der Waals surface area contributed by atoms with Crippen LogP contribution in [-0.2, 0) is 9.53 Å². The highest BCUT2D eigenvalue weighted by Gasteiger charge is 2.27. The van der Waals surface area contributed by atoms with Gasteiger partial charge in [0, 0.05) is 25.8 Å². The van der Waals surface area contributed by atoms with E-state index in [1.807, 2.05) is 47.9 Å². The standard InChI is InChI=1S/C22H25N7O2/c1-3-29-18-7-5-4-6-17(18)25-21(29)16(12-23)20-15(2)13-24-22(27-20)26-19(30)14-28-8-10-31-11-9-28/h4-7,13,25H,3,8-11,14H2,1-2H3,(H,24,26,27,30). The van der Waals surface area contributed by atoms with Gasteiger partial charge in [0.2, 0.25) is 11.9 Å². The first-order valence-corrected chi connectivity index (χ1v) is 10.3. The minimum Gasteiger partial charge on any atom is -0.379 e. The van der Waals surface area contributed by atoms with Gasteiger partial charge in [0.05, 0.1) is 36.8 Å². The summed E-state index contributed by atoms with van der Waals surface area (Å²) in [5.41, 5.74) is 3.61. The third kappa shape index (κ3) is 4.35. The van der Waals surface area contributed by atoms with Crippen LogP contribution in [0.2, 0.25) is 0 Å². The fraction of sp³-hybridized carbons (Fsp3) is 0.364. The van der Waals surface area contributed by atoms with Crippen LogP contribution in [0.3, 0.4) is 0 Å². The van der Waals surface area contributed by atoms with E-state index in [2.05, 4.69) is 26.7 Å². The third-order valence-electron chi connectivity index (χ3n) is 5.31. The zero-order chi connectivity index (χ0) is 21.8. The smallest absolute Gasteiger partial charge is 0.240 e. The summed E-state index contributed by atoms with van der Waals surface area (Å²) in [6, 6.07) is 10.2. The molecule has 1 amide bonds. The number of fused-ring (bicyclic) bond motifs is 1. The Morgan fingerprint density at radius 1 is 1.32 bits per heavy atom. The van der Waals surface area contributed by atoms with Crippen molar-refractivity contribution in [2.45, 2.75) is 13.8 Å². The second-order valence-electron chi connectivity index (χ2n) is 7.38. The van der Waals surface area contributed by atoms with Gasteiger partial charge in [-0.15, -0.1) is 0 Å². The second-order valence-corrected chi connectivity index (χ2v) is 7.38. The molecule has 1 aromatic carbocycles. The predicted octanol–water partition coefficient (Wildman–Crippen LogP) is 2.20. The number of hydrogen-bond donors (Lipinski definition) is 2. The largest absolute Gasteiger partial charge is 0.379 e. The van der Waals surface area contributed by atoms with Crippen molar-refractivity contribution in [3.63, 3.8) is 0 Å². The zero-order valence-electron chi connectivity index (χ0n) is 17.7. The van der Waals surface area contributed by atoms with E-state index in [-0.39, 0.29) is 18.4 Å². The summed E-state index contributed by atoms with van der Waals surface area (Å²) in [4.78, 5) is 25.3. The summed E-state index contributed by atoms with van der Waals surface area (Å²) in [6.07, 6.45) is 1.63. The van der Waals surface area contributed by atoms with E-state index in [9.17, 15) is 10.1 Å². The molecule has 0 spiro atoms. The topological polar surface area (TPSA) is 106 Å². The fourth-order valence-electron chi connectivity index (χ4n) is 3.76. The molecule has 0 bridgehead atoms. The average molecular weight is 419 g/mol. The summed E-state index contributed by atoms with van der Waals surface area (Å²) in [7, 11) is 0. The third-order valence-corrected chi connectivity index (χ3v) is 5.31. The number of carbonyl (C=O) groups excluding carboxylic acids is 1. The Kier molecular flexibility index (Phi) is 6.11. The van der Waals surface area contributed by atoms with Crippen molar-refractivity contribution in [2.24, 2.45) is 0 Å². The molecule has 2 aliphatic heterocycles. The normalized spacial score (nSPS) is 17.5. The maximum atomic E-state index is 12.4. The quantitative estimate of drug-likeness (QED) is 0.711. The lowest BCUT2D eigenvalue weighted by Gasteiger charge is -2.25. The van der Waals surface area contributed by atoms with E-state index in [1.165, 1.54) is 0 Å². The van der Waals surface area contributed by atoms with Gasteiger partial charge in [-0.05, 0) is 31.5 Å². The molecule has 0 atom stereocenters. The molecule has 0 aliphatic carbocycles. The van der Waals surface area contributed by atoms with Gasteiger partial charge in [-0.25, -0.2) is 9.97 Å². The van der Waals surface area contributed by atoms with Gasteiger partial charge in [-0.3, -0.25) is 15.0 Å². The number of benzene rings is 1. The summed E-state index contributed by atoms with van der Waals surface area (Å²) < 4.78 is 5.31. The molecule has 2 N–H and O–H groups in total. The molecule has 160 valence electrons. The highest BCUT2D eigenvalue weighted by Crippen LogP contribution is 2.38.